The number of carbonyl (C=O) groups excluding carboxylic acids is 1. The minimum absolute atomic E-state index is 0. The summed E-state index contributed by atoms with van der Waals surface area (Å²) in [5, 5.41) is 53.4. The second-order valence-corrected chi connectivity index (χ2v) is 13.4. The van der Waals surface area contributed by atoms with Crippen LogP contribution in [0.2, 0.25) is 0 Å². The van der Waals surface area contributed by atoms with Gasteiger partial charge in [-0.3, -0.25) is 38.8 Å². The van der Waals surface area contributed by atoms with Crippen LogP contribution in [0.15, 0.2) is 42.5 Å². The van der Waals surface area contributed by atoms with Gasteiger partial charge < -0.3 is 35.1 Å². The molecule has 4 rings (SSSR count). The van der Waals surface area contributed by atoms with Crippen molar-refractivity contribution < 1.29 is 103 Å². The Balaban J connectivity index is 0.00000784. The summed E-state index contributed by atoms with van der Waals surface area (Å²) in [5.74, 6) is -3.24. The third kappa shape index (κ3) is 13.5. The van der Waals surface area contributed by atoms with Crippen molar-refractivity contribution >= 4 is 58.2 Å². The van der Waals surface area contributed by atoms with Crippen LogP contribution < -0.4 is 10.2 Å². The zero-order chi connectivity index (χ0) is 38.7. The number of hydrogen-bond donors (Lipinski definition) is 5. The quantitative estimate of drug-likeness (QED) is 0.0480. The largest absolute Gasteiger partial charge is 3.00 e. The summed E-state index contributed by atoms with van der Waals surface area (Å²) in [4.78, 5) is 62.4. The Morgan fingerprint density at radius 1 is 0.722 bits per heavy atom. The molecule has 0 spiro atoms. The summed E-state index contributed by atoms with van der Waals surface area (Å²) < 4.78 is 1.87. The number of nitrogens with zero attached hydrogens (tertiary/aromatic N) is 7. The van der Waals surface area contributed by atoms with Crippen molar-refractivity contribution in [2.24, 2.45) is 0 Å². The molecule has 0 bridgehead atoms. The first kappa shape index (κ1) is 45.7. The number of pyridine rings is 1. The van der Waals surface area contributed by atoms with Crippen molar-refractivity contribution in [3.8, 4) is 0 Å². The zero-order valence-electron chi connectivity index (χ0n) is 31.0. The molecule has 0 aliphatic carbocycles. The number of fused-ring (bicyclic) bond motifs is 3. The van der Waals surface area contributed by atoms with E-state index < -0.39 is 25.0 Å². The summed E-state index contributed by atoms with van der Waals surface area (Å²) in [5.41, 5.74) is 2.01. The summed E-state index contributed by atoms with van der Waals surface area (Å²) in [6.45, 7) is 2.92. The molecule has 54 heavy (non-hydrogen) atoms. The number of likely N-dealkylation sites (N-methyl/N-ethyl adjacent to an activating group) is 2. The van der Waals surface area contributed by atoms with Crippen molar-refractivity contribution in [1.82, 2.24) is 29.6 Å². The maximum absolute atomic E-state index is 13.7. The molecule has 5 N–H and O–H groups in total. The number of hydrogen-bond acceptors (Lipinski definition) is 12. The van der Waals surface area contributed by atoms with Gasteiger partial charge in [0.2, 0.25) is 17.0 Å². The molecule has 1 saturated heterocycles. The molecular formula is C35H51BEuN7O10+4. The molecule has 0 saturated carbocycles. The molecule has 0 atom stereocenters. The SMILES string of the molecule is CON(C)CC[n+]1c(B(O)O)c2ccccc2c2cc(CN(C)C(=O)CN3CCN(CC(=O)O)CCN(CC(=O)O)CCN(CC(=O)O)CC3)ccc21.[Eu+3]. The van der Waals surface area contributed by atoms with Gasteiger partial charge in [-0.25, -0.2) is 0 Å². The fraction of sp³-hybridized carbons (Fsp3) is 0.514. The number of aliphatic carboxylic acids is 3. The van der Waals surface area contributed by atoms with Crippen molar-refractivity contribution in [2.75, 3.05) is 106 Å². The van der Waals surface area contributed by atoms with Crippen molar-refractivity contribution in [3.05, 3.63) is 48.0 Å². The molecule has 1 fully saturated rings. The van der Waals surface area contributed by atoms with E-state index in [9.17, 15) is 44.5 Å². The van der Waals surface area contributed by atoms with E-state index in [1.165, 1.54) is 0 Å². The molecule has 0 radical (unpaired) electrons. The van der Waals surface area contributed by atoms with Gasteiger partial charge in [-0.1, -0.05) is 24.3 Å². The molecule has 19 heteroatoms. The van der Waals surface area contributed by atoms with E-state index in [1.807, 2.05) is 51.9 Å². The van der Waals surface area contributed by atoms with Crippen molar-refractivity contribution in [2.45, 2.75) is 13.1 Å². The molecular weight excluding hydrogens is 841 g/mol. The van der Waals surface area contributed by atoms with Crippen LogP contribution in [0.5, 0.6) is 0 Å². The zero-order valence-corrected chi connectivity index (χ0v) is 33.4. The van der Waals surface area contributed by atoms with Crippen molar-refractivity contribution in [1.29, 1.82) is 0 Å². The smallest absolute Gasteiger partial charge is 0.480 e. The topological polar surface area (TPSA) is 202 Å². The number of carboxylic acids is 3. The van der Waals surface area contributed by atoms with Crippen molar-refractivity contribution in [3.63, 3.8) is 0 Å². The minimum atomic E-state index is -1.72. The molecule has 17 nitrogen and oxygen atoms in total. The molecule has 1 aliphatic rings. The first-order valence-corrected chi connectivity index (χ1v) is 17.5. The van der Waals surface area contributed by atoms with Gasteiger partial charge in [0, 0.05) is 89.8 Å². The Bertz CT molecular complexity index is 1720. The molecule has 0 unspecified atom stereocenters. The molecule has 292 valence electrons. The van der Waals surface area contributed by atoms with Crippen LogP contribution >= 0.6 is 0 Å². The number of carbonyl (C=O) groups is 4. The number of aromatic nitrogens is 1. The third-order valence-corrected chi connectivity index (χ3v) is 9.54. The normalized spacial score (nSPS) is 15.7. The molecule has 1 aromatic heterocycles. The summed E-state index contributed by atoms with van der Waals surface area (Å²) in [6.07, 6.45) is 0. The molecule has 2 heterocycles. The summed E-state index contributed by atoms with van der Waals surface area (Å²) in [6, 6.07) is 13.3. The average molecular weight is 893 g/mol. The van der Waals surface area contributed by atoms with Gasteiger partial charge >= 0.3 is 74.4 Å². The second kappa shape index (κ2) is 22.2. The van der Waals surface area contributed by atoms with E-state index >= 15 is 0 Å². The van der Waals surface area contributed by atoms with E-state index in [0.717, 1.165) is 21.9 Å². The van der Waals surface area contributed by atoms with E-state index in [4.69, 9.17) is 4.84 Å². The third-order valence-electron chi connectivity index (χ3n) is 9.54. The van der Waals surface area contributed by atoms with E-state index in [2.05, 4.69) is 0 Å². The molecule has 1 amide bonds. The summed E-state index contributed by atoms with van der Waals surface area (Å²) >= 11 is 0. The first-order chi connectivity index (χ1) is 25.2. The van der Waals surface area contributed by atoms with Gasteiger partial charge in [-0.2, -0.15) is 9.63 Å². The number of carboxylic acid groups (broad SMARTS) is 3. The van der Waals surface area contributed by atoms with Crippen LogP contribution in [0.25, 0.3) is 21.7 Å². The van der Waals surface area contributed by atoms with Crippen LogP contribution in [0, 0.1) is 49.4 Å². The van der Waals surface area contributed by atoms with E-state index in [1.54, 1.807) is 45.9 Å². The first-order valence-electron chi connectivity index (χ1n) is 17.5. The number of amides is 1. The minimum Gasteiger partial charge on any atom is -0.480 e. The second-order valence-electron chi connectivity index (χ2n) is 13.4. The molecule has 2 aromatic carbocycles. The van der Waals surface area contributed by atoms with Gasteiger partial charge in [-0.05, 0) is 17.7 Å². The Hall–Kier alpha value is -2.68. The van der Waals surface area contributed by atoms with E-state index in [0.29, 0.717) is 63.3 Å². The number of hydroxylamine groups is 2. The maximum Gasteiger partial charge on any atom is 3.00 e. The molecule has 3 aromatic rings. The molecule has 1 aliphatic heterocycles. The van der Waals surface area contributed by atoms with Gasteiger partial charge in [0.15, 0.2) is 6.54 Å². The number of rotatable bonds is 15. The average Bonchev–Trinajstić information content (AvgIpc) is 3.10. The van der Waals surface area contributed by atoms with Crippen LogP contribution in [0.4, 0.5) is 0 Å². The van der Waals surface area contributed by atoms with Gasteiger partial charge in [0.05, 0.1) is 45.2 Å². The van der Waals surface area contributed by atoms with Gasteiger partial charge in [-0.15, -0.1) is 0 Å². The monoisotopic (exact) mass is 893 g/mol. The fourth-order valence-electron chi connectivity index (χ4n) is 6.66. The van der Waals surface area contributed by atoms with Crippen LogP contribution in [-0.4, -0.2) is 192 Å². The predicted octanol–water partition coefficient (Wildman–Crippen LogP) is -2.11. The Morgan fingerprint density at radius 3 is 1.63 bits per heavy atom. The van der Waals surface area contributed by atoms with Gasteiger partial charge in [0.25, 0.3) is 0 Å². The Morgan fingerprint density at radius 2 is 1.19 bits per heavy atom. The van der Waals surface area contributed by atoms with Crippen LogP contribution in [0.1, 0.15) is 5.56 Å². The van der Waals surface area contributed by atoms with Gasteiger partial charge in [0.1, 0.15) is 0 Å². The predicted molar refractivity (Wildman–Crippen MR) is 196 cm³/mol. The Labute approximate surface area is 355 Å². The standard InChI is InChI=1S/C35H50BN7O10.Eu/c1-37(21-26-8-9-30-29(20-26)27-6-4-5-7-28(27)35(36(51)52)43(30)19-10-38(2)53-3)31(44)22-39-11-13-40(23-32(45)46)15-17-42(25-34(49)50)18-16-41(14-12-39)24-33(47)48;/h4-9,20,51-52H,10-19,21-25H2,1-3H3,(H2-,45,46,47,48,49,50);/q;+3/p+1. The van der Waals surface area contributed by atoms with Crippen LogP contribution in [0.3, 0.4) is 0 Å². The van der Waals surface area contributed by atoms with E-state index in [-0.39, 0.29) is 101 Å². The Kier molecular flexibility index (Phi) is 18.8. The number of benzene rings is 2. The maximum atomic E-state index is 13.7. The fourth-order valence-corrected chi connectivity index (χ4v) is 6.66. The van der Waals surface area contributed by atoms with Crippen LogP contribution in [-0.2, 0) is 37.1 Å². The summed E-state index contributed by atoms with van der Waals surface area (Å²) in [7, 11) is 3.34.